The van der Waals surface area contributed by atoms with Crippen LogP contribution < -0.4 is 10.1 Å². The van der Waals surface area contributed by atoms with Crippen LogP contribution in [0.25, 0.3) is 0 Å². The molecule has 4 heteroatoms. The van der Waals surface area contributed by atoms with Crippen molar-refractivity contribution in [2.45, 2.75) is 40.8 Å². The van der Waals surface area contributed by atoms with E-state index < -0.39 is 0 Å². The average molecular weight is 304 g/mol. The molecule has 0 amide bonds. The maximum atomic E-state index is 5.88. The quantitative estimate of drug-likeness (QED) is 0.837. The van der Waals surface area contributed by atoms with Gasteiger partial charge in [-0.2, -0.15) is 0 Å². The minimum Gasteiger partial charge on any atom is -0.487 e. The van der Waals surface area contributed by atoms with Gasteiger partial charge in [-0.3, -0.25) is 0 Å². The van der Waals surface area contributed by atoms with Crippen LogP contribution in [0, 0.1) is 19.8 Å². The third kappa shape index (κ3) is 4.83. The number of aromatic nitrogens is 1. The van der Waals surface area contributed by atoms with Crippen LogP contribution in [0.15, 0.2) is 23.6 Å². The van der Waals surface area contributed by atoms with Crippen LogP contribution in [0.4, 0.5) is 0 Å². The standard InChI is InChI=1S/C17H24N2OS/c1-12(2)8-18-9-17-19-15(11-21-17)10-20-16-7-5-6-13(3)14(16)4/h5-7,11-12,18H,8-10H2,1-4H3. The molecule has 21 heavy (non-hydrogen) atoms. The SMILES string of the molecule is Cc1cccc(OCc2csc(CNCC(C)C)n2)c1C. The van der Waals surface area contributed by atoms with E-state index in [1.807, 2.05) is 12.1 Å². The number of nitrogens with one attached hydrogen (secondary N) is 1. The van der Waals surface area contributed by atoms with Crippen LogP contribution >= 0.6 is 11.3 Å². The summed E-state index contributed by atoms with van der Waals surface area (Å²) in [6, 6.07) is 6.14. The molecule has 1 aromatic heterocycles. The molecule has 114 valence electrons. The number of hydrogen-bond donors (Lipinski definition) is 1. The molecular formula is C17H24N2OS. The van der Waals surface area contributed by atoms with Crippen molar-refractivity contribution in [2.24, 2.45) is 5.92 Å². The van der Waals surface area contributed by atoms with E-state index in [2.05, 4.69) is 49.4 Å². The molecule has 2 aromatic rings. The van der Waals surface area contributed by atoms with Crippen molar-refractivity contribution in [1.82, 2.24) is 10.3 Å². The smallest absolute Gasteiger partial charge is 0.131 e. The number of thiazole rings is 1. The number of aryl methyl sites for hydroxylation is 1. The fraction of sp³-hybridized carbons (Fsp3) is 0.471. The first-order valence-corrected chi connectivity index (χ1v) is 8.27. The van der Waals surface area contributed by atoms with Gasteiger partial charge in [0.05, 0.1) is 5.69 Å². The van der Waals surface area contributed by atoms with E-state index in [1.54, 1.807) is 11.3 Å². The first-order valence-electron chi connectivity index (χ1n) is 7.39. The highest BCUT2D eigenvalue weighted by atomic mass is 32.1. The van der Waals surface area contributed by atoms with Crippen molar-refractivity contribution in [3.8, 4) is 5.75 Å². The lowest BCUT2D eigenvalue weighted by atomic mass is 10.1. The molecule has 0 atom stereocenters. The molecule has 0 fully saturated rings. The minimum atomic E-state index is 0.533. The summed E-state index contributed by atoms with van der Waals surface area (Å²) < 4.78 is 5.88. The number of rotatable bonds is 7. The van der Waals surface area contributed by atoms with Crippen molar-refractivity contribution < 1.29 is 4.74 Å². The highest BCUT2D eigenvalue weighted by Gasteiger charge is 2.05. The van der Waals surface area contributed by atoms with E-state index >= 15 is 0 Å². The van der Waals surface area contributed by atoms with Crippen LogP contribution in [0.5, 0.6) is 5.75 Å². The van der Waals surface area contributed by atoms with Gasteiger partial charge in [-0.25, -0.2) is 4.98 Å². The van der Waals surface area contributed by atoms with Gasteiger partial charge in [-0.05, 0) is 43.5 Å². The summed E-state index contributed by atoms with van der Waals surface area (Å²) in [5.41, 5.74) is 3.46. The molecule has 0 saturated carbocycles. The van der Waals surface area contributed by atoms with Gasteiger partial charge in [0.2, 0.25) is 0 Å². The Bertz CT molecular complexity index is 578. The molecular weight excluding hydrogens is 280 g/mol. The van der Waals surface area contributed by atoms with E-state index in [0.717, 1.165) is 29.5 Å². The zero-order valence-electron chi connectivity index (χ0n) is 13.3. The van der Waals surface area contributed by atoms with Crippen LogP contribution in [0.1, 0.15) is 35.7 Å². The summed E-state index contributed by atoms with van der Waals surface area (Å²) in [7, 11) is 0. The third-order valence-corrected chi connectivity index (χ3v) is 4.26. The Kier molecular flexibility index (Phi) is 5.76. The maximum absolute atomic E-state index is 5.88. The lowest BCUT2D eigenvalue weighted by Gasteiger charge is -2.09. The Morgan fingerprint density at radius 3 is 2.86 bits per heavy atom. The summed E-state index contributed by atoms with van der Waals surface area (Å²) >= 11 is 1.69. The number of nitrogens with zero attached hydrogens (tertiary/aromatic N) is 1. The molecule has 0 aliphatic rings. The van der Waals surface area contributed by atoms with Crippen LogP contribution in [0.3, 0.4) is 0 Å². The largest absolute Gasteiger partial charge is 0.487 e. The predicted molar refractivity (Wildman–Crippen MR) is 88.9 cm³/mol. The van der Waals surface area contributed by atoms with Crippen LogP contribution in [-0.2, 0) is 13.2 Å². The van der Waals surface area contributed by atoms with Crippen molar-refractivity contribution in [3.05, 3.63) is 45.4 Å². The lowest BCUT2D eigenvalue weighted by Crippen LogP contribution is -2.18. The molecule has 0 bridgehead atoms. The fourth-order valence-corrected chi connectivity index (χ4v) is 2.74. The second kappa shape index (κ2) is 7.57. The van der Waals surface area contributed by atoms with Gasteiger partial charge in [0.25, 0.3) is 0 Å². The number of ether oxygens (including phenoxy) is 1. The van der Waals surface area contributed by atoms with Crippen molar-refractivity contribution >= 4 is 11.3 Å². The van der Waals surface area contributed by atoms with Gasteiger partial charge in [-0.1, -0.05) is 26.0 Å². The Balaban J connectivity index is 1.86. The molecule has 3 nitrogen and oxygen atoms in total. The van der Waals surface area contributed by atoms with E-state index in [0.29, 0.717) is 12.5 Å². The van der Waals surface area contributed by atoms with Gasteiger partial charge >= 0.3 is 0 Å². The summed E-state index contributed by atoms with van der Waals surface area (Å²) in [4.78, 5) is 4.61. The molecule has 0 spiro atoms. The Morgan fingerprint density at radius 1 is 1.29 bits per heavy atom. The zero-order chi connectivity index (χ0) is 15.2. The van der Waals surface area contributed by atoms with Crippen molar-refractivity contribution in [1.29, 1.82) is 0 Å². The molecule has 1 aromatic carbocycles. The van der Waals surface area contributed by atoms with Gasteiger partial charge in [0.15, 0.2) is 0 Å². The Morgan fingerprint density at radius 2 is 2.10 bits per heavy atom. The van der Waals surface area contributed by atoms with Gasteiger partial charge < -0.3 is 10.1 Å². The number of hydrogen-bond acceptors (Lipinski definition) is 4. The Labute approximate surface area is 131 Å². The topological polar surface area (TPSA) is 34.1 Å². The highest BCUT2D eigenvalue weighted by Crippen LogP contribution is 2.22. The van der Waals surface area contributed by atoms with Crippen LogP contribution in [0.2, 0.25) is 0 Å². The van der Waals surface area contributed by atoms with Gasteiger partial charge in [-0.15, -0.1) is 11.3 Å². The average Bonchev–Trinajstić information content (AvgIpc) is 2.88. The van der Waals surface area contributed by atoms with E-state index in [9.17, 15) is 0 Å². The van der Waals surface area contributed by atoms with E-state index in [4.69, 9.17) is 4.74 Å². The molecule has 1 heterocycles. The summed E-state index contributed by atoms with van der Waals surface area (Å²) in [5, 5.41) is 6.61. The second-order valence-corrected chi connectivity index (χ2v) is 6.69. The molecule has 1 N–H and O–H groups in total. The molecule has 0 aliphatic carbocycles. The predicted octanol–water partition coefficient (Wildman–Crippen LogP) is 4.08. The monoisotopic (exact) mass is 304 g/mol. The second-order valence-electron chi connectivity index (χ2n) is 5.74. The zero-order valence-corrected chi connectivity index (χ0v) is 14.1. The fourth-order valence-electron chi connectivity index (χ4n) is 2.00. The first-order chi connectivity index (χ1) is 10.1. The van der Waals surface area contributed by atoms with Gasteiger partial charge in [0.1, 0.15) is 17.4 Å². The molecule has 0 aliphatic heterocycles. The summed E-state index contributed by atoms with van der Waals surface area (Å²) in [6.07, 6.45) is 0. The summed E-state index contributed by atoms with van der Waals surface area (Å²) in [6.45, 7) is 11.0. The number of benzene rings is 1. The lowest BCUT2D eigenvalue weighted by molar-refractivity contribution is 0.299. The van der Waals surface area contributed by atoms with E-state index in [-0.39, 0.29) is 0 Å². The summed E-state index contributed by atoms with van der Waals surface area (Å²) in [5.74, 6) is 1.61. The molecule has 0 unspecified atom stereocenters. The van der Waals surface area contributed by atoms with Crippen LogP contribution in [-0.4, -0.2) is 11.5 Å². The highest BCUT2D eigenvalue weighted by molar-refractivity contribution is 7.09. The van der Waals surface area contributed by atoms with Crippen molar-refractivity contribution in [3.63, 3.8) is 0 Å². The molecule has 2 rings (SSSR count). The first kappa shape index (κ1) is 16.0. The Hall–Kier alpha value is -1.39. The van der Waals surface area contributed by atoms with E-state index in [1.165, 1.54) is 11.1 Å². The third-order valence-electron chi connectivity index (χ3n) is 3.36. The van der Waals surface area contributed by atoms with Crippen molar-refractivity contribution in [2.75, 3.05) is 6.54 Å². The minimum absolute atomic E-state index is 0.533. The molecule has 0 radical (unpaired) electrons. The molecule has 0 saturated heterocycles. The van der Waals surface area contributed by atoms with Gasteiger partial charge in [0, 0.05) is 11.9 Å². The maximum Gasteiger partial charge on any atom is 0.131 e. The normalized spacial score (nSPS) is 11.1.